The van der Waals surface area contributed by atoms with Crippen LogP contribution in [0.3, 0.4) is 0 Å². The SMILES string of the molecule is COc1ccc2c(-c3nc(-c4c(C(F)(F)F)[nH]c5cc(OC)ccc45)cs3)c[nH]c2c1. The summed E-state index contributed by atoms with van der Waals surface area (Å²) >= 11 is 1.30. The van der Waals surface area contributed by atoms with Gasteiger partial charge in [0, 0.05) is 51.1 Å². The van der Waals surface area contributed by atoms with Crippen molar-refractivity contribution in [2.75, 3.05) is 14.2 Å². The molecule has 0 radical (unpaired) electrons. The van der Waals surface area contributed by atoms with Gasteiger partial charge in [0.25, 0.3) is 0 Å². The van der Waals surface area contributed by atoms with Crippen LogP contribution in [0.15, 0.2) is 48.0 Å². The van der Waals surface area contributed by atoms with E-state index in [9.17, 15) is 13.2 Å². The molecule has 0 bridgehead atoms. The van der Waals surface area contributed by atoms with Crippen molar-refractivity contribution in [3.8, 4) is 33.3 Å². The maximum atomic E-state index is 13.8. The summed E-state index contributed by atoms with van der Waals surface area (Å²) in [7, 11) is 3.06. The molecule has 0 aliphatic rings. The lowest BCUT2D eigenvalue weighted by Gasteiger charge is -2.06. The summed E-state index contributed by atoms with van der Waals surface area (Å²) in [6.07, 6.45) is -2.75. The minimum Gasteiger partial charge on any atom is -0.497 e. The number of benzene rings is 2. The summed E-state index contributed by atoms with van der Waals surface area (Å²) in [6.45, 7) is 0. The molecule has 2 aromatic carbocycles. The monoisotopic (exact) mass is 443 g/mol. The van der Waals surface area contributed by atoms with Crippen LogP contribution in [0.5, 0.6) is 11.5 Å². The zero-order valence-corrected chi connectivity index (χ0v) is 17.2. The van der Waals surface area contributed by atoms with Crippen LogP contribution in [-0.2, 0) is 6.18 Å². The average Bonchev–Trinajstić information content (AvgIpc) is 3.47. The molecule has 5 nitrogen and oxygen atoms in total. The van der Waals surface area contributed by atoms with Gasteiger partial charge < -0.3 is 19.4 Å². The molecular formula is C22H16F3N3O2S. The van der Waals surface area contributed by atoms with Gasteiger partial charge in [-0.15, -0.1) is 11.3 Å². The highest BCUT2D eigenvalue weighted by molar-refractivity contribution is 7.13. The molecule has 0 saturated heterocycles. The number of hydrogen-bond donors (Lipinski definition) is 2. The number of H-pyrrole nitrogens is 2. The third kappa shape index (κ3) is 3.21. The van der Waals surface area contributed by atoms with E-state index in [-0.39, 0.29) is 11.3 Å². The van der Waals surface area contributed by atoms with Crippen molar-refractivity contribution < 1.29 is 22.6 Å². The highest BCUT2D eigenvalue weighted by Crippen LogP contribution is 2.43. The van der Waals surface area contributed by atoms with Gasteiger partial charge in [0.15, 0.2) is 0 Å². The number of fused-ring (bicyclic) bond motifs is 2. The molecule has 0 atom stereocenters. The Labute approximate surface area is 178 Å². The first-order valence-corrected chi connectivity index (χ1v) is 10.2. The van der Waals surface area contributed by atoms with E-state index in [1.807, 2.05) is 18.2 Å². The van der Waals surface area contributed by atoms with Crippen LogP contribution < -0.4 is 9.47 Å². The first kappa shape index (κ1) is 19.5. The number of aromatic amines is 2. The second-order valence-corrected chi connectivity index (χ2v) is 7.79. The zero-order chi connectivity index (χ0) is 21.8. The smallest absolute Gasteiger partial charge is 0.431 e. The molecule has 5 rings (SSSR count). The van der Waals surface area contributed by atoms with Gasteiger partial charge in [-0.05, 0) is 24.3 Å². The van der Waals surface area contributed by atoms with Crippen LogP contribution in [0, 0.1) is 0 Å². The van der Waals surface area contributed by atoms with Crippen molar-refractivity contribution in [1.29, 1.82) is 0 Å². The topological polar surface area (TPSA) is 62.9 Å². The highest BCUT2D eigenvalue weighted by atomic mass is 32.1. The molecule has 0 aliphatic carbocycles. The molecular weight excluding hydrogens is 427 g/mol. The number of nitrogens with one attached hydrogen (secondary N) is 2. The molecule has 0 unspecified atom stereocenters. The fourth-order valence-electron chi connectivity index (χ4n) is 3.70. The number of aromatic nitrogens is 3. The Bertz CT molecular complexity index is 1410. The first-order valence-electron chi connectivity index (χ1n) is 9.27. The predicted octanol–water partition coefficient (Wildman–Crippen LogP) is 6.48. The van der Waals surface area contributed by atoms with Crippen molar-refractivity contribution in [3.05, 3.63) is 53.7 Å². The lowest BCUT2D eigenvalue weighted by Crippen LogP contribution is -2.07. The van der Waals surface area contributed by atoms with Gasteiger partial charge in [0.1, 0.15) is 22.2 Å². The summed E-state index contributed by atoms with van der Waals surface area (Å²) in [5.41, 5.74) is 1.51. The standard InChI is InChI=1S/C22H16F3N3O2S/c1-29-11-3-5-13-15(9-26-16(13)7-11)21-28-18(10-31-21)19-14-6-4-12(30-2)8-17(14)27-20(19)22(23,24)25/h3-10,26-27H,1-2H3. The van der Waals surface area contributed by atoms with Crippen molar-refractivity contribution in [2.24, 2.45) is 0 Å². The molecule has 0 fully saturated rings. The quantitative estimate of drug-likeness (QED) is 0.334. The number of rotatable bonds is 4. The molecule has 5 aromatic rings. The van der Waals surface area contributed by atoms with E-state index in [0.29, 0.717) is 27.4 Å². The minimum atomic E-state index is -4.55. The van der Waals surface area contributed by atoms with Crippen LogP contribution in [0.2, 0.25) is 0 Å². The van der Waals surface area contributed by atoms with Crippen molar-refractivity contribution >= 4 is 33.1 Å². The minimum absolute atomic E-state index is 0.0363. The van der Waals surface area contributed by atoms with Gasteiger partial charge in [0.05, 0.1) is 25.4 Å². The third-order valence-corrected chi connectivity index (χ3v) is 6.04. The lowest BCUT2D eigenvalue weighted by molar-refractivity contribution is -0.140. The van der Waals surface area contributed by atoms with E-state index in [4.69, 9.17) is 9.47 Å². The normalized spacial score (nSPS) is 12.0. The van der Waals surface area contributed by atoms with Gasteiger partial charge in [-0.3, -0.25) is 0 Å². The van der Waals surface area contributed by atoms with Crippen LogP contribution in [0.4, 0.5) is 13.2 Å². The third-order valence-electron chi connectivity index (χ3n) is 5.17. The summed E-state index contributed by atoms with van der Waals surface area (Å²) < 4.78 is 51.8. The van der Waals surface area contributed by atoms with E-state index in [1.165, 1.54) is 18.4 Å². The molecule has 31 heavy (non-hydrogen) atoms. The Morgan fingerprint density at radius 3 is 2.29 bits per heavy atom. The molecule has 2 N–H and O–H groups in total. The Balaban J connectivity index is 1.66. The molecule has 0 saturated carbocycles. The van der Waals surface area contributed by atoms with Gasteiger partial charge in [-0.2, -0.15) is 13.2 Å². The number of thiazole rings is 1. The summed E-state index contributed by atoms with van der Waals surface area (Å²) in [5, 5.41) is 3.64. The first-order chi connectivity index (χ1) is 14.9. The zero-order valence-electron chi connectivity index (χ0n) is 16.4. The number of hydrogen-bond acceptors (Lipinski definition) is 4. The van der Waals surface area contributed by atoms with E-state index in [1.54, 1.807) is 36.9 Å². The van der Waals surface area contributed by atoms with Crippen LogP contribution in [-0.4, -0.2) is 29.2 Å². The largest absolute Gasteiger partial charge is 0.497 e. The molecule has 0 spiro atoms. The van der Waals surface area contributed by atoms with E-state index < -0.39 is 11.9 Å². The fourth-order valence-corrected chi connectivity index (χ4v) is 4.54. The van der Waals surface area contributed by atoms with Gasteiger partial charge >= 0.3 is 6.18 Å². The van der Waals surface area contributed by atoms with Crippen molar-refractivity contribution in [1.82, 2.24) is 15.0 Å². The Hall–Kier alpha value is -3.46. The summed E-state index contributed by atoms with van der Waals surface area (Å²) in [5.74, 6) is 1.19. The van der Waals surface area contributed by atoms with E-state index in [2.05, 4.69) is 15.0 Å². The van der Waals surface area contributed by atoms with Crippen LogP contribution in [0.25, 0.3) is 43.6 Å². The number of ether oxygens (including phenoxy) is 2. The van der Waals surface area contributed by atoms with Crippen LogP contribution >= 0.6 is 11.3 Å². The molecule has 3 aromatic heterocycles. The molecule has 158 valence electrons. The molecule has 9 heteroatoms. The number of nitrogens with zero attached hydrogens (tertiary/aromatic N) is 1. The Morgan fingerprint density at radius 1 is 0.935 bits per heavy atom. The predicted molar refractivity (Wildman–Crippen MR) is 115 cm³/mol. The van der Waals surface area contributed by atoms with E-state index in [0.717, 1.165) is 16.5 Å². The Kier molecular flexibility index (Phi) is 4.44. The highest BCUT2D eigenvalue weighted by Gasteiger charge is 2.37. The second kappa shape index (κ2) is 7.05. The number of methoxy groups -OCH3 is 2. The average molecular weight is 443 g/mol. The molecule has 3 heterocycles. The van der Waals surface area contributed by atoms with Gasteiger partial charge in [-0.25, -0.2) is 4.98 Å². The van der Waals surface area contributed by atoms with Gasteiger partial charge in [-0.1, -0.05) is 0 Å². The fraction of sp³-hybridized carbons (Fsp3) is 0.136. The van der Waals surface area contributed by atoms with Crippen molar-refractivity contribution in [2.45, 2.75) is 6.18 Å². The maximum Gasteiger partial charge on any atom is 0.431 e. The molecule has 0 aliphatic heterocycles. The summed E-state index contributed by atoms with van der Waals surface area (Å²) in [4.78, 5) is 10.2. The van der Waals surface area contributed by atoms with E-state index >= 15 is 0 Å². The second-order valence-electron chi connectivity index (χ2n) is 6.94. The molecule has 0 amide bonds. The Morgan fingerprint density at radius 2 is 1.61 bits per heavy atom. The van der Waals surface area contributed by atoms with Crippen molar-refractivity contribution in [3.63, 3.8) is 0 Å². The summed E-state index contributed by atoms with van der Waals surface area (Å²) in [6, 6.07) is 10.4. The number of alkyl halides is 3. The van der Waals surface area contributed by atoms with Crippen LogP contribution in [0.1, 0.15) is 5.69 Å². The lowest BCUT2D eigenvalue weighted by atomic mass is 10.1. The number of halogens is 3. The van der Waals surface area contributed by atoms with Gasteiger partial charge in [0.2, 0.25) is 0 Å². The maximum absolute atomic E-state index is 13.8.